The smallest absolute Gasteiger partial charge is 0.133 e. The van der Waals surface area contributed by atoms with Gasteiger partial charge in [-0.05, 0) is 48.0 Å². The molecule has 0 unspecified atom stereocenters. The van der Waals surface area contributed by atoms with Crippen LogP contribution in [0.25, 0.3) is 23.2 Å². The fraction of sp³-hybridized carbons (Fsp3) is 0.125. The van der Waals surface area contributed by atoms with Crippen LogP contribution < -0.4 is 9.47 Å². The molecular formula is C24H21ClN2O2. The highest BCUT2D eigenvalue weighted by molar-refractivity contribution is 6.30. The van der Waals surface area contributed by atoms with Crippen molar-refractivity contribution in [2.24, 2.45) is 0 Å². The van der Waals surface area contributed by atoms with Gasteiger partial charge in [0.15, 0.2) is 0 Å². The molecule has 0 atom stereocenters. The Morgan fingerprint density at radius 2 is 1.72 bits per heavy atom. The number of benzene rings is 3. The van der Waals surface area contributed by atoms with Crippen molar-refractivity contribution in [3.8, 4) is 11.5 Å². The maximum Gasteiger partial charge on any atom is 0.133 e. The van der Waals surface area contributed by atoms with Crippen molar-refractivity contribution in [3.63, 3.8) is 0 Å². The number of fused-ring (bicyclic) bond motifs is 1. The van der Waals surface area contributed by atoms with Gasteiger partial charge in [0.2, 0.25) is 0 Å². The van der Waals surface area contributed by atoms with Crippen LogP contribution in [-0.2, 0) is 6.54 Å². The maximum atomic E-state index is 5.97. The second-order valence-electron chi connectivity index (χ2n) is 6.52. The number of halogens is 1. The Labute approximate surface area is 175 Å². The number of aromatic nitrogens is 2. The van der Waals surface area contributed by atoms with Gasteiger partial charge in [0.05, 0.1) is 24.7 Å². The lowest BCUT2D eigenvalue weighted by molar-refractivity contribution is 0.297. The molecule has 0 radical (unpaired) electrons. The molecule has 29 heavy (non-hydrogen) atoms. The number of para-hydroxylation sites is 2. The average Bonchev–Trinajstić information content (AvgIpc) is 3.11. The van der Waals surface area contributed by atoms with E-state index in [-0.39, 0.29) is 0 Å². The van der Waals surface area contributed by atoms with Crippen LogP contribution in [0.5, 0.6) is 11.5 Å². The molecule has 0 saturated heterocycles. The molecule has 1 aromatic heterocycles. The molecule has 5 heteroatoms. The molecule has 146 valence electrons. The number of hydrogen-bond donors (Lipinski definition) is 0. The molecule has 4 aromatic rings. The Hall–Kier alpha value is -3.24. The van der Waals surface area contributed by atoms with Gasteiger partial charge in [-0.2, -0.15) is 0 Å². The minimum atomic E-state index is 0.523. The van der Waals surface area contributed by atoms with Crippen molar-refractivity contribution in [2.75, 3.05) is 13.7 Å². The Morgan fingerprint density at radius 1 is 0.931 bits per heavy atom. The summed E-state index contributed by atoms with van der Waals surface area (Å²) in [5.74, 6) is 2.45. The normalized spacial score (nSPS) is 11.2. The molecule has 1 heterocycles. The Morgan fingerprint density at radius 3 is 2.55 bits per heavy atom. The summed E-state index contributed by atoms with van der Waals surface area (Å²) in [5.41, 5.74) is 3.11. The molecule has 0 aliphatic rings. The van der Waals surface area contributed by atoms with Crippen molar-refractivity contribution in [2.45, 2.75) is 6.54 Å². The molecule has 3 aromatic carbocycles. The first-order valence-corrected chi connectivity index (χ1v) is 9.76. The van der Waals surface area contributed by atoms with Crippen LogP contribution in [0.15, 0.2) is 72.8 Å². The number of ether oxygens (including phenoxy) is 2. The van der Waals surface area contributed by atoms with Crippen LogP contribution in [0.2, 0.25) is 5.02 Å². The Balaban J connectivity index is 1.55. The number of rotatable bonds is 7. The first-order chi connectivity index (χ1) is 14.2. The summed E-state index contributed by atoms with van der Waals surface area (Å²) in [4.78, 5) is 4.77. The van der Waals surface area contributed by atoms with Crippen LogP contribution in [0, 0.1) is 0 Å². The first kappa shape index (κ1) is 19.1. The molecule has 0 spiro atoms. The molecule has 0 aliphatic carbocycles. The number of hydrogen-bond acceptors (Lipinski definition) is 3. The number of nitrogens with zero attached hydrogens (tertiary/aromatic N) is 2. The van der Waals surface area contributed by atoms with E-state index in [1.807, 2.05) is 78.9 Å². The van der Waals surface area contributed by atoms with Crippen LogP contribution in [0.1, 0.15) is 11.4 Å². The summed E-state index contributed by atoms with van der Waals surface area (Å²) in [6.07, 6.45) is 4.06. The third-order valence-electron chi connectivity index (χ3n) is 4.60. The van der Waals surface area contributed by atoms with Crippen molar-refractivity contribution < 1.29 is 9.47 Å². The van der Waals surface area contributed by atoms with E-state index in [4.69, 9.17) is 26.1 Å². The molecule has 0 fully saturated rings. The van der Waals surface area contributed by atoms with Gasteiger partial charge in [-0.3, -0.25) is 0 Å². The number of imidazole rings is 1. The fourth-order valence-electron chi connectivity index (χ4n) is 3.15. The van der Waals surface area contributed by atoms with Gasteiger partial charge in [-0.15, -0.1) is 0 Å². The van der Waals surface area contributed by atoms with Gasteiger partial charge in [-0.1, -0.05) is 48.0 Å². The summed E-state index contributed by atoms with van der Waals surface area (Å²) in [5, 5.41) is 0.726. The van der Waals surface area contributed by atoms with E-state index in [0.717, 1.165) is 38.9 Å². The van der Waals surface area contributed by atoms with Crippen LogP contribution in [0.4, 0.5) is 0 Å². The van der Waals surface area contributed by atoms with E-state index in [1.165, 1.54) is 0 Å². The molecule has 4 nitrogen and oxygen atoms in total. The van der Waals surface area contributed by atoms with E-state index in [2.05, 4.69) is 10.6 Å². The van der Waals surface area contributed by atoms with Crippen LogP contribution in [-0.4, -0.2) is 23.3 Å². The zero-order valence-corrected chi connectivity index (χ0v) is 16.8. The van der Waals surface area contributed by atoms with Crippen molar-refractivity contribution >= 4 is 34.8 Å². The van der Waals surface area contributed by atoms with Gasteiger partial charge in [0.1, 0.15) is 23.9 Å². The highest BCUT2D eigenvalue weighted by Gasteiger charge is 2.08. The van der Waals surface area contributed by atoms with Crippen molar-refractivity contribution in [1.29, 1.82) is 0 Å². The Kier molecular flexibility index (Phi) is 5.82. The standard InChI is InChI=1S/C24H21ClN2O2/c1-28-20-5-4-6-21(17-20)29-16-15-27-23-8-3-2-7-22(23)26-24(27)14-11-18-9-12-19(25)13-10-18/h2-14,17H,15-16H2,1H3/b14-11+. The van der Waals surface area contributed by atoms with E-state index in [0.29, 0.717) is 13.2 Å². The highest BCUT2D eigenvalue weighted by atomic mass is 35.5. The third kappa shape index (κ3) is 4.61. The number of methoxy groups -OCH3 is 1. The SMILES string of the molecule is COc1cccc(OCCn2c(/C=C/c3ccc(Cl)cc3)nc3ccccc32)c1. The lowest BCUT2D eigenvalue weighted by atomic mass is 10.2. The summed E-state index contributed by atoms with van der Waals surface area (Å²) in [6, 6.07) is 23.5. The summed E-state index contributed by atoms with van der Waals surface area (Å²) in [6.45, 7) is 1.20. The van der Waals surface area contributed by atoms with Gasteiger partial charge in [0.25, 0.3) is 0 Å². The minimum absolute atomic E-state index is 0.523. The lowest BCUT2D eigenvalue weighted by Gasteiger charge is -2.10. The first-order valence-electron chi connectivity index (χ1n) is 9.39. The van der Waals surface area contributed by atoms with E-state index >= 15 is 0 Å². The highest BCUT2D eigenvalue weighted by Crippen LogP contribution is 2.21. The second-order valence-corrected chi connectivity index (χ2v) is 6.96. The average molecular weight is 405 g/mol. The zero-order valence-electron chi connectivity index (χ0n) is 16.1. The molecular weight excluding hydrogens is 384 g/mol. The van der Waals surface area contributed by atoms with Gasteiger partial charge >= 0.3 is 0 Å². The molecule has 0 saturated carbocycles. The molecule has 0 N–H and O–H groups in total. The van der Waals surface area contributed by atoms with Crippen molar-refractivity contribution in [3.05, 3.63) is 89.2 Å². The quantitative estimate of drug-likeness (QED) is 0.382. The molecule has 4 rings (SSSR count). The second kappa shape index (κ2) is 8.84. The van der Waals surface area contributed by atoms with E-state index < -0.39 is 0 Å². The predicted octanol–water partition coefficient (Wildman–Crippen LogP) is 5.95. The zero-order chi connectivity index (χ0) is 20.1. The van der Waals surface area contributed by atoms with Gasteiger partial charge < -0.3 is 14.0 Å². The van der Waals surface area contributed by atoms with E-state index in [9.17, 15) is 0 Å². The maximum absolute atomic E-state index is 5.97. The van der Waals surface area contributed by atoms with Crippen LogP contribution >= 0.6 is 11.6 Å². The molecule has 0 amide bonds. The molecule has 0 aliphatic heterocycles. The predicted molar refractivity (Wildman–Crippen MR) is 119 cm³/mol. The lowest BCUT2D eigenvalue weighted by Crippen LogP contribution is -2.09. The summed E-state index contributed by atoms with van der Waals surface area (Å²) < 4.78 is 13.4. The third-order valence-corrected chi connectivity index (χ3v) is 4.86. The minimum Gasteiger partial charge on any atom is -0.497 e. The van der Waals surface area contributed by atoms with Gasteiger partial charge in [0, 0.05) is 11.1 Å². The fourth-order valence-corrected chi connectivity index (χ4v) is 3.27. The van der Waals surface area contributed by atoms with Crippen LogP contribution in [0.3, 0.4) is 0 Å². The monoisotopic (exact) mass is 404 g/mol. The molecule has 0 bridgehead atoms. The largest absolute Gasteiger partial charge is 0.497 e. The van der Waals surface area contributed by atoms with Crippen molar-refractivity contribution in [1.82, 2.24) is 9.55 Å². The Bertz CT molecular complexity index is 1130. The summed E-state index contributed by atoms with van der Waals surface area (Å²) >= 11 is 5.97. The van der Waals surface area contributed by atoms with E-state index in [1.54, 1.807) is 7.11 Å². The summed E-state index contributed by atoms with van der Waals surface area (Å²) in [7, 11) is 1.65. The topological polar surface area (TPSA) is 36.3 Å². The van der Waals surface area contributed by atoms with Gasteiger partial charge in [-0.25, -0.2) is 4.98 Å².